The Labute approximate surface area is 154 Å². The van der Waals surface area contributed by atoms with Crippen LogP contribution in [-0.2, 0) is 22.4 Å². The number of carbonyl (C=O) groups is 1. The molecule has 134 valence electrons. The van der Waals surface area contributed by atoms with Gasteiger partial charge in [-0.1, -0.05) is 24.3 Å². The molecule has 1 saturated heterocycles. The highest BCUT2D eigenvalue weighted by Gasteiger charge is 2.51. The Morgan fingerprint density at radius 3 is 2.35 bits per heavy atom. The molecular weight excluding hydrogens is 327 g/mol. The van der Waals surface area contributed by atoms with E-state index >= 15 is 0 Å². The van der Waals surface area contributed by atoms with E-state index in [0.717, 1.165) is 16.7 Å². The molecule has 0 unspecified atom stereocenters. The average Bonchev–Trinajstić information content (AvgIpc) is 3.02. The first-order chi connectivity index (χ1) is 12.3. The zero-order valence-electron chi connectivity index (χ0n) is 15.7. The predicted molar refractivity (Wildman–Crippen MR) is 100.0 cm³/mol. The van der Waals surface area contributed by atoms with E-state index in [1.54, 1.807) is 12.3 Å². The van der Waals surface area contributed by atoms with E-state index < -0.39 is 0 Å². The van der Waals surface area contributed by atoms with Gasteiger partial charge in [0.2, 0.25) is 0 Å². The highest BCUT2D eigenvalue weighted by molar-refractivity contribution is 6.62. The fourth-order valence-corrected chi connectivity index (χ4v) is 3.29. The Kier molecular flexibility index (Phi) is 3.93. The topological polar surface area (TPSA) is 51.7 Å². The molecule has 2 aromatic rings. The van der Waals surface area contributed by atoms with Crippen LogP contribution in [0.4, 0.5) is 0 Å². The number of amides is 1. The maximum absolute atomic E-state index is 12.5. The van der Waals surface area contributed by atoms with Crippen molar-refractivity contribution in [1.82, 2.24) is 9.88 Å². The van der Waals surface area contributed by atoms with Gasteiger partial charge in [-0.15, -0.1) is 0 Å². The number of nitrogens with zero attached hydrogens (tertiary/aromatic N) is 2. The van der Waals surface area contributed by atoms with E-state index in [0.29, 0.717) is 18.7 Å². The lowest BCUT2D eigenvalue weighted by molar-refractivity contribution is 0.00578. The summed E-state index contributed by atoms with van der Waals surface area (Å²) in [6.45, 7) is 9.32. The number of fused-ring (bicyclic) bond motifs is 1. The summed E-state index contributed by atoms with van der Waals surface area (Å²) < 4.78 is 12.2. The second-order valence-electron chi connectivity index (χ2n) is 7.99. The molecule has 2 aliphatic heterocycles. The molecular formula is C20H23BN2O3. The minimum absolute atomic E-state index is 0.0446. The molecule has 5 nitrogen and oxygen atoms in total. The molecule has 0 saturated carbocycles. The first kappa shape index (κ1) is 17.2. The summed E-state index contributed by atoms with van der Waals surface area (Å²) in [5.41, 5.74) is 2.93. The third-order valence-corrected chi connectivity index (χ3v) is 5.63. The van der Waals surface area contributed by atoms with Gasteiger partial charge < -0.3 is 14.2 Å². The number of pyridine rings is 1. The monoisotopic (exact) mass is 350 g/mol. The second kappa shape index (κ2) is 5.93. The van der Waals surface area contributed by atoms with Crippen LogP contribution in [0.25, 0.3) is 0 Å². The van der Waals surface area contributed by atoms with Gasteiger partial charge in [-0.05, 0) is 50.9 Å². The van der Waals surface area contributed by atoms with Crippen LogP contribution < -0.4 is 5.46 Å². The van der Waals surface area contributed by atoms with Crippen molar-refractivity contribution in [3.63, 3.8) is 0 Å². The highest BCUT2D eigenvalue weighted by Crippen LogP contribution is 2.36. The molecule has 1 aromatic carbocycles. The quantitative estimate of drug-likeness (QED) is 0.799. The number of rotatable bonds is 3. The lowest BCUT2D eigenvalue weighted by atomic mass is 9.79. The number of hydrogen-bond donors (Lipinski definition) is 0. The molecule has 26 heavy (non-hydrogen) atoms. The van der Waals surface area contributed by atoms with Gasteiger partial charge in [0.25, 0.3) is 5.91 Å². The number of hydrogen-bond acceptors (Lipinski definition) is 4. The van der Waals surface area contributed by atoms with Crippen LogP contribution >= 0.6 is 0 Å². The van der Waals surface area contributed by atoms with Gasteiger partial charge in [0.05, 0.1) is 29.0 Å². The van der Waals surface area contributed by atoms with E-state index in [1.165, 1.54) is 0 Å². The lowest BCUT2D eigenvalue weighted by Gasteiger charge is -2.32. The Balaban J connectivity index is 1.46. The molecule has 2 aliphatic rings. The van der Waals surface area contributed by atoms with E-state index in [2.05, 4.69) is 4.98 Å². The van der Waals surface area contributed by atoms with E-state index in [4.69, 9.17) is 9.31 Å². The Morgan fingerprint density at radius 2 is 1.73 bits per heavy atom. The summed E-state index contributed by atoms with van der Waals surface area (Å²) in [7, 11) is -0.365. The molecule has 1 amide bonds. The molecule has 0 N–H and O–H groups in total. The van der Waals surface area contributed by atoms with E-state index in [9.17, 15) is 4.79 Å². The standard InChI is InChI=1S/C20H23BN2O3/c1-19(2)20(3,4)26-21(25-19)15-9-7-14(8-10-15)12-23-13-17-16(18(23)24)6-5-11-22-17/h5-11H,12-13H2,1-4H3. The van der Waals surface area contributed by atoms with Gasteiger partial charge >= 0.3 is 7.12 Å². The number of aromatic nitrogens is 1. The summed E-state index contributed by atoms with van der Waals surface area (Å²) in [5.74, 6) is 0.0446. The lowest BCUT2D eigenvalue weighted by Crippen LogP contribution is -2.41. The smallest absolute Gasteiger partial charge is 0.399 e. The maximum Gasteiger partial charge on any atom is 0.494 e. The van der Waals surface area contributed by atoms with Crippen LogP contribution in [0.2, 0.25) is 0 Å². The summed E-state index contributed by atoms with van der Waals surface area (Å²) >= 11 is 0. The fraction of sp³-hybridized carbons (Fsp3) is 0.400. The van der Waals surface area contributed by atoms with Gasteiger partial charge in [0, 0.05) is 12.7 Å². The fourth-order valence-electron chi connectivity index (χ4n) is 3.29. The summed E-state index contributed by atoms with van der Waals surface area (Å²) in [6.07, 6.45) is 1.73. The van der Waals surface area contributed by atoms with Gasteiger partial charge in [0.1, 0.15) is 0 Å². The first-order valence-electron chi connectivity index (χ1n) is 8.94. The van der Waals surface area contributed by atoms with Crippen LogP contribution in [-0.4, -0.2) is 34.1 Å². The zero-order chi connectivity index (χ0) is 18.5. The molecule has 0 radical (unpaired) electrons. The van der Waals surface area contributed by atoms with Gasteiger partial charge in [-0.3, -0.25) is 9.78 Å². The summed E-state index contributed by atoms with van der Waals surface area (Å²) in [6, 6.07) is 11.7. The van der Waals surface area contributed by atoms with Crippen LogP contribution in [0.5, 0.6) is 0 Å². The van der Waals surface area contributed by atoms with Crippen molar-refractivity contribution in [3.8, 4) is 0 Å². The van der Waals surface area contributed by atoms with Gasteiger partial charge in [-0.2, -0.15) is 0 Å². The molecule has 3 heterocycles. The Morgan fingerprint density at radius 1 is 1.08 bits per heavy atom. The minimum atomic E-state index is -0.365. The molecule has 4 rings (SSSR count). The largest absolute Gasteiger partial charge is 0.494 e. The van der Waals surface area contributed by atoms with Crippen LogP contribution in [0, 0.1) is 0 Å². The molecule has 1 fully saturated rings. The van der Waals surface area contributed by atoms with Crippen molar-refractivity contribution in [1.29, 1.82) is 0 Å². The SMILES string of the molecule is CC1(C)OB(c2ccc(CN3Cc4ncccc4C3=O)cc2)OC1(C)C. The second-order valence-corrected chi connectivity index (χ2v) is 7.99. The van der Waals surface area contributed by atoms with E-state index in [-0.39, 0.29) is 24.2 Å². The third-order valence-electron chi connectivity index (χ3n) is 5.63. The number of carbonyl (C=O) groups excluding carboxylic acids is 1. The zero-order valence-corrected chi connectivity index (χ0v) is 15.7. The number of benzene rings is 1. The first-order valence-corrected chi connectivity index (χ1v) is 8.94. The third kappa shape index (κ3) is 2.83. The highest BCUT2D eigenvalue weighted by atomic mass is 16.7. The molecule has 0 atom stereocenters. The van der Waals surface area contributed by atoms with Crippen molar-refractivity contribution in [2.45, 2.75) is 52.0 Å². The molecule has 0 spiro atoms. The summed E-state index contributed by atoms with van der Waals surface area (Å²) in [4.78, 5) is 18.6. The Hall–Kier alpha value is -2.18. The van der Waals surface area contributed by atoms with Crippen molar-refractivity contribution < 1.29 is 14.1 Å². The normalized spacial score (nSPS) is 20.5. The van der Waals surface area contributed by atoms with Crippen molar-refractivity contribution >= 4 is 18.5 Å². The van der Waals surface area contributed by atoms with Gasteiger partial charge in [0.15, 0.2) is 0 Å². The predicted octanol–water partition coefficient (Wildman–Crippen LogP) is 2.54. The molecule has 0 bridgehead atoms. The molecule has 0 aliphatic carbocycles. The van der Waals surface area contributed by atoms with Crippen molar-refractivity contribution in [2.24, 2.45) is 0 Å². The van der Waals surface area contributed by atoms with Crippen LogP contribution in [0.1, 0.15) is 49.3 Å². The molecule has 6 heteroatoms. The summed E-state index contributed by atoms with van der Waals surface area (Å²) in [5, 5.41) is 0. The van der Waals surface area contributed by atoms with Crippen molar-refractivity contribution in [3.05, 3.63) is 59.4 Å². The van der Waals surface area contributed by atoms with Gasteiger partial charge in [-0.25, -0.2) is 0 Å². The maximum atomic E-state index is 12.5. The van der Waals surface area contributed by atoms with Crippen LogP contribution in [0.15, 0.2) is 42.6 Å². The minimum Gasteiger partial charge on any atom is -0.399 e. The van der Waals surface area contributed by atoms with Crippen molar-refractivity contribution in [2.75, 3.05) is 0 Å². The Bertz CT molecular complexity index is 832. The average molecular weight is 350 g/mol. The molecule has 1 aromatic heterocycles. The van der Waals surface area contributed by atoms with Crippen LogP contribution in [0.3, 0.4) is 0 Å². The van der Waals surface area contributed by atoms with E-state index in [1.807, 2.05) is 62.9 Å².